The van der Waals surface area contributed by atoms with Crippen LogP contribution in [-0.2, 0) is 0 Å². The molecule has 1 saturated heterocycles. The van der Waals surface area contributed by atoms with Gasteiger partial charge in [0, 0.05) is 19.1 Å². The summed E-state index contributed by atoms with van der Waals surface area (Å²) in [6, 6.07) is 9.07. The summed E-state index contributed by atoms with van der Waals surface area (Å²) in [6.07, 6.45) is 1.29. The lowest BCUT2D eigenvalue weighted by Gasteiger charge is -2.26. The summed E-state index contributed by atoms with van der Waals surface area (Å²) >= 11 is 0. The molecule has 1 aromatic rings. The Hall–Kier alpha value is -1.22. The van der Waals surface area contributed by atoms with Gasteiger partial charge in [-0.2, -0.15) is 0 Å². The fraction of sp³-hybridized carbons (Fsp3) is 0.500. The highest BCUT2D eigenvalue weighted by molar-refractivity contribution is 5.69. The fourth-order valence-electron chi connectivity index (χ4n) is 2.56. The van der Waals surface area contributed by atoms with E-state index in [1.54, 1.807) is 0 Å². The predicted molar refractivity (Wildman–Crippen MR) is 63.3 cm³/mol. The first-order valence-electron chi connectivity index (χ1n) is 5.73. The normalized spacial score (nSPS) is 29.1. The smallest absolute Gasteiger partial charge is 0.0576 e. The Morgan fingerprint density at radius 2 is 1.73 bits per heavy atom. The quantitative estimate of drug-likeness (QED) is 0.598. The first-order valence-corrected chi connectivity index (χ1v) is 5.73. The minimum atomic E-state index is 0.630. The average Bonchev–Trinajstić information content (AvgIpc) is 2.68. The van der Waals surface area contributed by atoms with Crippen LogP contribution in [0.2, 0.25) is 0 Å². The molecule has 80 valence electrons. The Morgan fingerprint density at radius 3 is 2.53 bits per heavy atom. The van der Waals surface area contributed by atoms with E-state index in [-0.39, 0.29) is 0 Å². The lowest BCUT2D eigenvalue weighted by atomic mass is 9.99. The summed E-state index contributed by atoms with van der Waals surface area (Å²) in [5.74, 6) is 0.769. The van der Waals surface area contributed by atoms with Crippen LogP contribution in [0.4, 0.5) is 11.4 Å². The second-order valence-electron chi connectivity index (χ2n) is 4.42. The van der Waals surface area contributed by atoms with Gasteiger partial charge in [-0.25, -0.2) is 0 Å². The number of nitrogens with one attached hydrogen (secondary N) is 3. The van der Waals surface area contributed by atoms with Crippen LogP contribution >= 0.6 is 0 Å². The van der Waals surface area contributed by atoms with Crippen molar-refractivity contribution in [1.82, 2.24) is 5.32 Å². The average molecular weight is 203 g/mol. The molecule has 2 heterocycles. The number of hydrogen-bond donors (Lipinski definition) is 3. The molecule has 3 heteroatoms. The molecule has 0 aliphatic carbocycles. The molecule has 0 bridgehead atoms. The van der Waals surface area contributed by atoms with Gasteiger partial charge in [0.1, 0.15) is 0 Å². The lowest BCUT2D eigenvalue weighted by Crippen LogP contribution is -2.38. The maximum atomic E-state index is 3.55. The van der Waals surface area contributed by atoms with Gasteiger partial charge in [-0.05, 0) is 31.0 Å². The molecule has 0 aromatic heterocycles. The van der Waals surface area contributed by atoms with Crippen molar-refractivity contribution in [3.05, 3.63) is 24.3 Å². The maximum absolute atomic E-state index is 3.55. The predicted octanol–water partition coefficient (Wildman–Crippen LogP) is 1.50. The highest BCUT2D eigenvalue weighted by Crippen LogP contribution is 2.26. The zero-order valence-corrected chi connectivity index (χ0v) is 8.79. The third-order valence-electron chi connectivity index (χ3n) is 3.48. The Morgan fingerprint density at radius 1 is 1.00 bits per heavy atom. The molecule has 3 nitrogen and oxygen atoms in total. The van der Waals surface area contributed by atoms with Crippen LogP contribution in [0.1, 0.15) is 6.42 Å². The highest BCUT2D eigenvalue weighted by atomic mass is 15.1. The van der Waals surface area contributed by atoms with E-state index in [1.165, 1.54) is 17.8 Å². The molecule has 1 aromatic carbocycles. The third-order valence-corrected chi connectivity index (χ3v) is 3.48. The molecule has 2 aliphatic rings. The second kappa shape index (κ2) is 3.74. The Labute approximate surface area is 90.3 Å². The topological polar surface area (TPSA) is 36.1 Å². The van der Waals surface area contributed by atoms with Gasteiger partial charge < -0.3 is 16.0 Å². The van der Waals surface area contributed by atoms with E-state index >= 15 is 0 Å². The van der Waals surface area contributed by atoms with Gasteiger partial charge in [0.15, 0.2) is 0 Å². The second-order valence-corrected chi connectivity index (χ2v) is 4.42. The summed E-state index contributed by atoms with van der Waals surface area (Å²) in [5, 5.41) is 10.6. The van der Waals surface area contributed by atoms with Crippen LogP contribution in [0.25, 0.3) is 0 Å². The summed E-state index contributed by atoms with van der Waals surface area (Å²) < 4.78 is 0. The van der Waals surface area contributed by atoms with E-state index in [9.17, 15) is 0 Å². The van der Waals surface area contributed by atoms with Crippen LogP contribution in [0.3, 0.4) is 0 Å². The SMILES string of the molecule is c1ccc2c(c1)NCC1CCNC1CN2. The zero-order chi connectivity index (χ0) is 10.1. The van der Waals surface area contributed by atoms with Crippen molar-refractivity contribution in [1.29, 1.82) is 0 Å². The van der Waals surface area contributed by atoms with Crippen molar-refractivity contribution in [3.8, 4) is 0 Å². The van der Waals surface area contributed by atoms with Gasteiger partial charge >= 0.3 is 0 Å². The van der Waals surface area contributed by atoms with E-state index in [2.05, 4.69) is 40.2 Å². The van der Waals surface area contributed by atoms with Crippen molar-refractivity contribution < 1.29 is 0 Å². The molecule has 2 unspecified atom stereocenters. The van der Waals surface area contributed by atoms with E-state index in [4.69, 9.17) is 0 Å². The van der Waals surface area contributed by atoms with E-state index in [0.29, 0.717) is 6.04 Å². The van der Waals surface area contributed by atoms with Crippen molar-refractivity contribution in [2.75, 3.05) is 30.3 Å². The molecule has 2 aliphatic heterocycles. The van der Waals surface area contributed by atoms with Gasteiger partial charge in [0.05, 0.1) is 11.4 Å². The van der Waals surface area contributed by atoms with Crippen molar-refractivity contribution >= 4 is 11.4 Å². The van der Waals surface area contributed by atoms with Crippen LogP contribution in [0.5, 0.6) is 0 Å². The Balaban J connectivity index is 1.84. The molecular weight excluding hydrogens is 186 g/mol. The monoisotopic (exact) mass is 203 g/mol. The zero-order valence-electron chi connectivity index (χ0n) is 8.79. The Bertz CT molecular complexity index is 317. The molecule has 0 spiro atoms. The van der Waals surface area contributed by atoms with Gasteiger partial charge in [-0.3, -0.25) is 0 Å². The first kappa shape index (κ1) is 9.04. The van der Waals surface area contributed by atoms with E-state index in [0.717, 1.165) is 25.6 Å². The van der Waals surface area contributed by atoms with Crippen molar-refractivity contribution in [2.24, 2.45) is 5.92 Å². The summed E-state index contributed by atoms with van der Waals surface area (Å²) in [5.41, 5.74) is 2.47. The largest absolute Gasteiger partial charge is 0.383 e. The molecule has 3 N–H and O–H groups in total. The molecule has 0 amide bonds. The van der Waals surface area contributed by atoms with Crippen LogP contribution < -0.4 is 16.0 Å². The molecule has 3 rings (SSSR count). The minimum absolute atomic E-state index is 0.630. The van der Waals surface area contributed by atoms with Crippen LogP contribution in [0, 0.1) is 5.92 Å². The van der Waals surface area contributed by atoms with Crippen molar-refractivity contribution in [3.63, 3.8) is 0 Å². The summed E-state index contributed by atoms with van der Waals surface area (Å²) in [6.45, 7) is 3.30. The first-order chi connectivity index (χ1) is 7.43. The highest BCUT2D eigenvalue weighted by Gasteiger charge is 2.27. The molecule has 1 fully saturated rings. The molecule has 0 radical (unpaired) electrons. The number of para-hydroxylation sites is 2. The van der Waals surface area contributed by atoms with E-state index < -0.39 is 0 Å². The van der Waals surface area contributed by atoms with Gasteiger partial charge in [0.25, 0.3) is 0 Å². The molecule has 15 heavy (non-hydrogen) atoms. The van der Waals surface area contributed by atoms with Gasteiger partial charge in [-0.15, -0.1) is 0 Å². The molecular formula is C12H17N3. The standard InChI is InChI=1S/C12H17N3/c1-2-4-11-10(3-1)14-7-9-5-6-13-12(9)8-15-11/h1-4,9,12-15H,5-8H2. The third kappa shape index (κ3) is 1.67. The number of hydrogen-bond acceptors (Lipinski definition) is 3. The summed E-state index contributed by atoms with van der Waals surface area (Å²) in [4.78, 5) is 0. The number of fused-ring (bicyclic) bond motifs is 2. The van der Waals surface area contributed by atoms with Crippen LogP contribution in [-0.4, -0.2) is 25.7 Å². The maximum Gasteiger partial charge on any atom is 0.0576 e. The summed E-state index contributed by atoms with van der Waals surface area (Å²) in [7, 11) is 0. The lowest BCUT2D eigenvalue weighted by molar-refractivity contribution is 0.480. The Kier molecular flexibility index (Phi) is 2.25. The molecule has 0 saturated carbocycles. The fourth-order valence-corrected chi connectivity index (χ4v) is 2.56. The van der Waals surface area contributed by atoms with Gasteiger partial charge in [0.2, 0.25) is 0 Å². The minimum Gasteiger partial charge on any atom is -0.383 e. The molecule has 2 atom stereocenters. The van der Waals surface area contributed by atoms with Gasteiger partial charge in [-0.1, -0.05) is 12.1 Å². The number of anilines is 2. The van der Waals surface area contributed by atoms with Crippen LogP contribution in [0.15, 0.2) is 24.3 Å². The van der Waals surface area contributed by atoms with E-state index in [1.807, 2.05) is 0 Å². The van der Waals surface area contributed by atoms with Crippen molar-refractivity contribution in [2.45, 2.75) is 12.5 Å². The number of rotatable bonds is 0. The number of benzene rings is 1.